The van der Waals surface area contributed by atoms with Gasteiger partial charge >= 0.3 is 0 Å². The molecule has 1 heterocycles. The highest BCUT2D eigenvalue weighted by atomic mass is 35.5. The molecule has 2 aromatic rings. The second-order valence-corrected chi connectivity index (χ2v) is 5.93. The fourth-order valence-electron chi connectivity index (χ4n) is 1.45. The Hall–Kier alpha value is -1.43. The molecular formula is C14H12Cl2N2O2S. The Labute approximate surface area is 136 Å². The van der Waals surface area contributed by atoms with Crippen LogP contribution in [0.5, 0.6) is 0 Å². The van der Waals surface area contributed by atoms with Crippen LogP contribution in [0.25, 0.3) is 0 Å². The Balaban J connectivity index is 1.88. The maximum Gasteiger partial charge on any atom is 0.250 e. The van der Waals surface area contributed by atoms with Crippen LogP contribution in [0.4, 0.5) is 0 Å². The summed E-state index contributed by atoms with van der Waals surface area (Å²) in [6, 6.07) is 8.65. The topological polar surface area (TPSA) is 54.6 Å². The fraction of sp³-hybridized carbons (Fsp3) is 0.143. The van der Waals surface area contributed by atoms with Gasteiger partial charge in [0, 0.05) is 9.92 Å². The van der Waals surface area contributed by atoms with Crippen LogP contribution in [0.15, 0.2) is 51.0 Å². The fourth-order valence-corrected chi connectivity index (χ4v) is 2.73. The van der Waals surface area contributed by atoms with Crippen molar-refractivity contribution in [3.8, 4) is 0 Å². The highest BCUT2D eigenvalue weighted by Crippen LogP contribution is 2.29. The first kappa shape index (κ1) is 15.9. The van der Waals surface area contributed by atoms with Crippen LogP contribution in [-0.2, 0) is 4.79 Å². The maximum absolute atomic E-state index is 11.7. The molecule has 0 spiro atoms. The van der Waals surface area contributed by atoms with Gasteiger partial charge < -0.3 is 4.42 Å². The Morgan fingerprint density at radius 1 is 1.38 bits per heavy atom. The van der Waals surface area contributed by atoms with Crippen LogP contribution in [0.3, 0.4) is 0 Å². The number of nitrogens with zero attached hydrogens (tertiary/aromatic N) is 1. The lowest BCUT2D eigenvalue weighted by atomic mass is 10.3. The van der Waals surface area contributed by atoms with Gasteiger partial charge in [0.2, 0.25) is 5.91 Å². The summed E-state index contributed by atoms with van der Waals surface area (Å²) in [5.74, 6) is 0.567. The summed E-state index contributed by atoms with van der Waals surface area (Å²) < 4.78 is 5.17. The normalized spacial score (nSPS) is 11.5. The van der Waals surface area contributed by atoms with Gasteiger partial charge in [-0.25, -0.2) is 5.43 Å². The summed E-state index contributed by atoms with van der Waals surface area (Å²) >= 11 is 13.2. The minimum Gasteiger partial charge on any atom is -0.463 e. The third-order valence-electron chi connectivity index (χ3n) is 2.48. The number of carbonyl (C=O) groups excluding carboxylic acids is 1. The molecule has 0 bridgehead atoms. The average molecular weight is 343 g/mol. The molecule has 1 aromatic heterocycles. The molecule has 1 aromatic carbocycles. The smallest absolute Gasteiger partial charge is 0.250 e. The third kappa shape index (κ3) is 4.81. The number of furan rings is 1. The van der Waals surface area contributed by atoms with Crippen LogP contribution in [-0.4, -0.2) is 17.4 Å². The Morgan fingerprint density at radius 3 is 2.90 bits per heavy atom. The van der Waals surface area contributed by atoms with Crippen LogP contribution in [0.1, 0.15) is 12.7 Å². The Morgan fingerprint density at radius 2 is 2.19 bits per heavy atom. The number of hydrazone groups is 1. The zero-order valence-corrected chi connectivity index (χ0v) is 13.4. The number of benzene rings is 1. The van der Waals surface area contributed by atoms with Crippen LogP contribution >= 0.6 is 35.0 Å². The first-order chi connectivity index (χ1) is 10.1. The predicted octanol–water partition coefficient (Wildman–Crippen LogP) is 4.22. The number of thioether (sulfide) groups is 1. The van der Waals surface area contributed by atoms with Crippen molar-refractivity contribution in [2.24, 2.45) is 5.10 Å². The largest absolute Gasteiger partial charge is 0.463 e. The van der Waals surface area contributed by atoms with Gasteiger partial charge in [-0.1, -0.05) is 23.2 Å². The molecule has 0 unspecified atom stereocenters. The van der Waals surface area contributed by atoms with Crippen LogP contribution in [0, 0.1) is 0 Å². The highest BCUT2D eigenvalue weighted by Gasteiger charge is 2.07. The lowest BCUT2D eigenvalue weighted by Gasteiger charge is -2.04. The summed E-state index contributed by atoms with van der Waals surface area (Å²) in [4.78, 5) is 12.5. The van der Waals surface area contributed by atoms with E-state index in [2.05, 4.69) is 10.5 Å². The van der Waals surface area contributed by atoms with Crippen molar-refractivity contribution in [1.29, 1.82) is 0 Å². The van der Waals surface area contributed by atoms with E-state index in [0.717, 1.165) is 4.90 Å². The van der Waals surface area contributed by atoms with Crippen molar-refractivity contribution in [3.63, 3.8) is 0 Å². The Bertz CT molecular complexity index is 657. The van der Waals surface area contributed by atoms with Gasteiger partial charge in [-0.2, -0.15) is 5.10 Å². The molecule has 0 fully saturated rings. The molecule has 0 saturated heterocycles. The van der Waals surface area contributed by atoms with Crippen molar-refractivity contribution < 1.29 is 9.21 Å². The van der Waals surface area contributed by atoms with E-state index in [1.165, 1.54) is 11.8 Å². The van der Waals surface area contributed by atoms with E-state index < -0.39 is 0 Å². The number of rotatable bonds is 5. The monoisotopic (exact) mass is 342 g/mol. The zero-order valence-electron chi connectivity index (χ0n) is 11.1. The standard InChI is InChI=1S/C14H12Cl2N2O2S/c1-9(12-3-2-6-20-12)17-18-14(19)8-21-13-7-10(15)4-5-11(13)16/h2-7H,8H2,1H3,(H,18,19)/b17-9-. The zero-order chi connectivity index (χ0) is 15.2. The van der Waals surface area contributed by atoms with Crippen molar-refractivity contribution in [3.05, 3.63) is 52.4 Å². The molecule has 1 N–H and O–H groups in total. The molecule has 1 amide bonds. The van der Waals surface area contributed by atoms with E-state index in [1.807, 2.05) is 0 Å². The lowest BCUT2D eigenvalue weighted by Crippen LogP contribution is -2.21. The number of nitrogens with one attached hydrogen (secondary N) is 1. The molecule has 0 aliphatic heterocycles. The number of hydrogen-bond donors (Lipinski definition) is 1. The molecule has 4 nitrogen and oxygen atoms in total. The quantitative estimate of drug-likeness (QED) is 0.502. The minimum absolute atomic E-state index is 0.189. The predicted molar refractivity (Wildman–Crippen MR) is 86.2 cm³/mol. The minimum atomic E-state index is -0.234. The summed E-state index contributed by atoms with van der Waals surface area (Å²) in [7, 11) is 0. The summed E-state index contributed by atoms with van der Waals surface area (Å²) in [5, 5.41) is 5.11. The molecule has 2 rings (SSSR count). The van der Waals surface area contributed by atoms with E-state index in [-0.39, 0.29) is 11.7 Å². The first-order valence-electron chi connectivity index (χ1n) is 6.01. The van der Waals surface area contributed by atoms with Gasteiger partial charge in [0.25, 0.3) is 0 Å². The molecule has 110 valence electrons. The molecular weight excluding hydrogens is 331 g/mol. The second-order valence-electron chi connectivity index (χ2n) is 4.07. The van der Waals surface area contributed by atoms with E-state index in [4.69, 9.17) is 27.6 Å². The Kier molecular flexibility index (Phi) is 5.73. The van der Waals surface area contributed by atoms with Crippen molar-refractivity contribution >= 4 is 46.6 Å². The van der Waals surface area contributed by atoms with E-state index in [0.29, 0.717) is 21.5 Å². The lowest BCUT2D eigenvalue weighted by molar-refractivity contribution is -0.118. The second kappa shape index (κ2) is 7.54. The highest BCUT2D eigenvalue weighted by molar-refractivity contribution is 8.00. The molecule has 0 radical (unpaired) electrons. The van der Waals surface area contributed by atoms with Crippen LogP contribution < -0.4 is 5.43 Å². The average Bonchev–Trinajstić information content (AvgIpc) is 3.00. The van der Waals surface area contributed by atoms with Crippen molar-refractivity contribution in [2.45, 2.75) is 11.8 Å². The van der Waals surface area contributed by atoms with Gasteiger partial charge in [-0.15, -0.1) is 11.8 Å². The molecule has 0 aliphatic rings. The summed E-state index contributed by atoms with van der Waals surface area (Å²) in [5.41, 5.74) is 3.06. The molecule has 7 heteroatoms. The number of amides is 1. The van der Waals surface area contributed by atoms with Gasteiger partial charge in [0.1, 0.15) is 11.5 Å². The third-order valence-corrected chi connectivity index (χ3v) is 4.21. The van der Waals surface area contributed by atoms with E-state index in [1.54, 1.807) is 43.5 Å². The van der Waals surface area contributed by atoms with Gasteiger partial charge in [0.05, 0.1) is 17.0 Å². The van der Waals surface area contributed by atoms with E-state index in [9.17, 15) is 4.79 Å². The first-order valence-corrected chi connectivity index (χ1v) is 7.75. The van der Waals surface area contributed by atoms with Crippen molar-refractivity contribution in [2.75, 3.05) is 5.75 Å². The molecule has 0 atom stereocenters. The summed E-state index contributed by atoms with van der Waals surface area (Å²) in [6.45, 7) is 1.75. The molecule has 0 saturated carbocycles. The number of hydrogen-bond acceptors (Lipinski definition) is 4. The maximum atomic E-state index is 11.7. The van der Waals surface area contributed by atoms with Crippen molar-refractivity contribution in [1.82, 2.24) is 5.43 Å². The SMILES string of the molecule is C/C(=N/NC(=O)CSc1cc(Cl)ccc1Cl)c1ccco1. The van der Waals surface area contributed by atoms with Gasteiger partial charge in [-0.3, -0.25) is 4.79 Å². The number of carbonyl (C=O) groups is 1. The van der Waals surface area contributed by atoms with E-state index >= 15 is 0 Å². The van der Waals surface area contributed by atoms with Gasteiger partial charge in [0.15, 0.2) is 0 Å². The van der Waals surface area contributed by atoms with Crippen LogP contribution in [0.2, 0.25) is 10.0 Å². The number of halogens is 2. The molecule has 21 heavy (non-hydrogen) atoms. The van der Waals surface area contributed by atoms with Gasteiger partial charge in [-0.05, 0) is 37.3 Å². The molecule has 0 aliphatic carbocycles. The summed E-state index contributed by atoms with van der Waals surface area (Å²) in [6.07, 6.45) is 1.55.